The molecule has 0 atom stereocenters. The minimum atomic E-state index is 0.951. The first-order valence-electron chi connectivity index (χ1n) is 7.36. The zero-order valence-corrected chi connectivity index (χ0v) is 12.0. The van der Waals surface area contributed by atoms with Crippen LogP contribution in [0.4, 0.5) is 0 Å². The van der Waals surface area contributed by atoms with E-state index in [0.29, 0.717) is 0 Å². The number of benzene rings is 1. The maximum atomic E-state index is 4.41. The first-order valence-corrected chi connectivity index (χ1v) is 7.36. The third kappa shape index (κ3) is 3.08. The number of aromatic nitrogens is 2. The summed E-state index contributed by atoms with van der Waals surface area (Å²) in [5, 5.41) is 3.35. The van der Waals surface area contributed by atoms with E-state index in [4.69, 9.17) is 0 Å². The van der Waals surface area contributed by atoms with Gasteiger partial charge in [-0.3, -0.25) is 4.90 Å². The van der Waals surface area contributed by atoms with Gasteiger partial charge < -0.3 is 9.88 Å². The van der Waals surface area contributed by atoms with Crippen LogP contribution in [-0.4, -0.2) is 27.5 Å². The number of hydrogen-bond donors (Lipinski definition) is 1. The molecule has 0 fully saturated rings. The summed E-state index contributed by atoms with van der Waals surface area (Å²) in [6.07, 6.45) is 3.97. The summed E-state index contributed by atoms with van der Waals surface area (Å²) in [5.41, 5.74) is 2.73. The fourth-order valence-corrected chi connectivity index (χ4v) is 2.65. The van der Waals surface area contributed by atoms with E-state index in [0.717, 1.165) is 39.3 Å². The first kappa shape index (κ1) is 13.3. The number of nitrogens with one attached hydrogen (secondary N) is 1. The Balaban J connectivity index is 1.58. The van der Waals surface area contributed by atoms with Gasteiger partial charge in [0.15, 0.2) is 0 Å². The van der Waals surface area contributed by atoms with Crippen LogP contribution in [0.1, 0.15) is 23.9 Å². The highest BCUT2D eigenvalue weighted by atomic mass is 15.2. The normalized spacial score (nSPS) is 15.2. The standard InChI is InChI=1S/C16H22N4/c1-2-17-11-14-3-5-15(6-4-14)12-19-9-10-20-8-7-18-16(20)13-19/h3-8,17H,2,9-13H2,1H3. The predicted octanol–water partition coefficient (Wildman–Crippen LogP) is 2.01. The average molecular weight is 270 g/mol. The smallest absolute Gasteiger partial charge is 0.122 e. The zero-order chi connectivity index (χ0) is 13.8. The fraction of sp³-hybridized carbons (Fsp3) is 0.438. The second-order valence-corrected chi connectivity index (χ2v) is 5.34. The number of imidazole rings is 1. The van der Waals surface area contributed by atoms with Crippen molar-refractivity contribution in [2.24, 2.45) is 0 Å². The van der Waals surface area contributed by atoms with E-state index in [9.17, 15) is 0 Å². The summed E-state index contributed by atoms with van der Waals surface area (Å²) in [5.74, 6) is 1.18. The Morgan fingerprint density at radius 1 is 1.15 bits per heavy atom. The van der Waals surface area contributed by atoms with Crippen LogP contribution < -0.4 is 5.32 Å². The van der Waals surface area contributed by atoms with E-state index in [1.807, 2.05) is 6.20 Å². The number of rotatable bonds is 5. The van der Waals surface area contributed by atoms with Crippen LogP contribution in [0.25, 0.3) is 0 Å². The van der Waals surface area contributed by atoms with Crippen molar-refractivity contribution in [3.8, 4) is 0 Å². The number of nitrogens with zero attached hydrogens (tertiary/aromatic N) is 3. The van der Waals surface area contributed by atoms with Crippen LogP contribution in [-0.2, 0) is 26.2 Å². The monoisotopic (exact) mass is 270 g/mol. The summed E-state index contributed by atoms with van der Waals surface area (Å²) in [4.78, 5) is 6.87. The highest BCUT2D eigenvalue weighted by Crippen LogP contribution is 2.14. The molecule has 0 saturated heterocycles. The van der Waals surface area contributed by atoms with Crippen LogP contribution in [0.5, 0.6) is 0 Å². The SMILES string of the molecule is CCNCc1ccc(CN2CCn3ccnc3C2)cc1. The molecule has 0 radical (unpaired) electrons. The second-order valence-electron chi connectivity index (χ2n) is 5.34. The molecule has 0 spiro atoms. The molecule has 1 aromatic carbocycles. The minimum Gasteiger partial charge on any atom is -0.333 e. The molecule has 106 valence electrons. The van der Waals surface area contributed by atoms with Crippen LogP contribution in [0.15, 0.2) is 36.7 Å². The van der Waals surface area contributed by atoms with Crippen molar-refractivity contribution in [3.63, 3.8) is 0 Å². The van der Waals surface area contributed by atoms with Gasteiger partial charge in [-0.05, 0) is 17.7 Å². The van der Waals surface area contributed by atoms with Gasteiger partial charge in [0.2, 0.25) is 0 Å². The second kappa shape index (κ2) is 6.20. The van der Waals surface area contributed by atoms with Crippen LogP contribution in [0, 0.1) is 0 Å². The van der Waals surface area contributed by atoms with E-state index >= 15 is 0 Å². The Labute approximate surface area is 120 Å². The number of fused-ring (bicyclic) bond motifs is 1. The van der Waals surface area contributed by atoms with Gasteiger partial charge in [-0.25, -0.2) is 4.98 Å². The molecule has 0 amide bonds. The average Bonchev–Trinajstić information content (AvgIpc) is 2.94. The highest BCUT2D eigenvalue weighted by molar-refractivity contribution is 5.22. The Morgan fingerprint density at radius 3 is 2.75 bits per heavy atom. The van der Waals surface area contributed by atoms with E-state index in [-0.39, 0.29) is 0 Å². The molecule has 20 heavy (non-hydrogen) atoms. The van der Waals surface area contributed by atoms with E-state index < -0.39 is 0 Å². The van der Waals surface area contributed by atoms with Gasteiger partial charge in [0.1, 0.15) is 5.82 Å². The summed E-state index contributed by atoms with van der Waals surface area (Å²) >= 11 is 0. The molecule has 0 bridgehead atoms. The van der Waals surface area contributed by atoms with Crippen molar-refractivity contribution < 1.29 is 0 Å². The van der Waals surface area contributed by atoms with Gasteiger partial charge in [-0.2, -0.15) is 0 Å². The quantitative estimate of drug-likeness (QED) is 0.902. The summed E-state index contributed by atoms with van der Waals surface area (Å²) < 4.78 is 2.25. The lowest BCUT2D eigenvalue weighted by atomic mass is 10.1. The van der Waals surface area contributed by atoms with Gasteiger partial charge in [0, 0.05) is 38.6 Å². The van der Waals surface area contributed by atoms with Crippen molar-refractivity contribution in [1.29, 1.82) is 0 Å². The Bertz CT molecular complexity index is 544. The van der Waals surface area contributed by atoms with Crippen molar-refractivity contribution in [2.45, 2.75) is 33.1 Å². The highest BCUT2D eigenvalue weighted by Gasteiger charge is 2.16. The van der Waals surface area contributed by atoms with Gasteiger partial charge in [0.05, 0.1) is 6.54 Å². The maximum absolute atomic E-state index is 4.41. The first-order chi connectivity index (χ1) is 9.85. The van der Waals surface area contributed by atoms with Crippen LogP contribution in [0.2, 0.25) is 0 Å². The molecule has 2 heterocycles. The minimum absolute atomic E-state index is 0.951. The molecule has 1 aliphatic rings. The Morgan fingerprint density at radius 2 is 1.95 bits per heavy atom. The molecule has 1 aromatic heterocycles. The van der Waals surface area contributed by atoms with Crippen molar-refractivity contribution in [3.05, 3.63) is 53.6 Å². The molecular formula is C16H22N4. The summed E-state index contributed by atoms with van der Waals surface area (Å²) in [6, 6.07) is 8.94. The van der Waals surface area contributed by atoms with Crippen LogP contribution in [0.3, 0.4) is 0 Å². The molecule has 4 nitrogen and oxygen atoms in total. The lowest BCUT2D eigenvalue weighted by Gasteiger charge is -2.27. The molecular weight excluding hydrogens is 248 g/mol. The summed E-state index contributed by atoms with van der Waals surface area (Å²) in [6.45, 7) is 8.21. The topological polar surface area (TPSA) is 33.1 Å². The molecule has 0 unspecified atom stereocenters. The van der Waals surface area contributed by atoms with E-state index in [1.165, 1.54) is 17.0 Å². The van der Waals surface area contributed by atoms with E-state index in [2.05, 4.69) is 57.2 Å². The zero-order valence-electron chi connectivity index (χ0n) is 12.0. The fourth-order valence-electron chi connectivity index (χ4n) is 2.65. The Hall–Kier alpha value is -1.65. The maximum Gasteiger partial charge on any atom is 0.122 e. The molecule has 4 heteroatoms. The van der Waals surface area contributed by atoms with Gasteiger partial charge in [-0.1, -0.05) is 31.2 Å². The van der Waals surface area contributed by atoms with Gasteiger partial charge in [0.25, 0.3) is 0 Å². The summed E-state index contributed by atoms with van der Waals surface area (Å²) in [7, 11) is 0. The third-order valence-electron chi connectivity index (χ3n) is 3.83. The third-order valence-corrected chi connectivity index (χ3v) is 3.83. The molecule has 1 aliphatic heterocycles. The van der Waals surface area contributed by atoms with Crippen molar-refractivity contribution >= 4 is 0 Å². The molecule has 3 rings (SSSR count). The largest absolute Gasteiger partial charge is 0.333 e. The van der Waals surface area contributed by atoms with E-state index in [1.54, 1.807) is 0 Å². The number of hydrogen-bond acceptors (Lipinski definition) is 3. The van der Waals surface area contributed by atoms with Gasteiger partial charge in [-0.15, -0.1) is 0 Å². The lowest BCUT2D eigenvalue weighted by molar-refractivity contribution is 0.209. The van der Waals surface area contributed by atoms with Crippen molar-refractivity contribution in [2.75, 3.05) is 13.1 Å². The molecule has 2 aromatic rings. The Kier molecular flexibility index (Phi) is 4.14. The molecule has 1 N–H and O–H groups in total. The van der Waals surface area contributed by atoms with Crippen LogP contribution >= 0.6 is 0 Å². The molecule has 0 saturated carbocycles. The molecule has 0 aliphatic carbocycles. The predicted molar refractivity (Wildman–Crippen MR) is 80.2 cm³/mol. The lowest BCUT2D eigenvalue weighted by Crippen LogP contribution is -2.33. The van der Waals surface area contributed by atoms with Gasteiger partial charge >= 0.3 is 0 Å². The van der Waals surface area contributed by atoms with Crippen molar-refractivity contribution in [1.82, 2.24) is 19.8 Å².